The molecule has 1 N–H and O–H groups in total. The minimum atomic E-state index is -0.291. The van der Waals surface area contributed by atoms with Crippen LogP contribution in [0.25, 0.3) is 0 Å². The first-order chi connectivity index (χ1) is 11.2. The van der Waals surface area contributed by atoms with Crippen LogP contribution in [-0.2, 0) is 4.74 Å². The first kappa shape index (κ1) is 17.5. The maximum Gasteiger partial charge on any atom is 0.407 e. The minimum absolute atomic E-state index is 0.147. The average molecular weight is 320 g/mol. The largest absolute Gasteiger partial charge is 0.450 e. The SMILES string of the molecule is CCCCOC(=O)NC(C)CC1CCN(c2ncccn2)CC1. The van der Waals surface area contributed by atoms with Crippen molar-refractivity contribution in [2.75, 3.05) is 24.6 Å². The van der Waals surface area contributed by atoms with Gasteiger partial charge in [-0.3, -0.25) is 0 Å². The molecule has 2 rings (SSSR count). The number of alkyl carbamates (subject to hydrolysis) is 1. The van der Waals surface area contributed by atoms with Gasteiger partial charge in [0.2, 0.25) is 5.95 Å². The van der Waals surface area contributed by atoms with Gasteiger partial charge in [0.25, 0.3) is 0 Å². The zero-order valence-electron chi connectivity index (χ0n) is 14.2. The van der Waals surface area contributed by atoms with Gasteiger partial charge >= 0.3 is 6.09 Å². The van der Waals surface area contributed by atoms with Crippen LogP contribution in [0.15, 0.2) is 18.5 Å². The van der Waals surface area contributed by atoms with Crippen molar-refractivity contribution in [3.05, 3.63) is 18.5 Å². The molecule has 0 radical (unpaired) electrons. The Morgan fingerprint density at radius 1 is 1.39 bits per heavy atom. The van der Waals surface area contributed by atoms with Gasteiger partial charge in [-0.15, -0.1) is 0 Å². The molecule has 1 aliphatic heterocycles. The van der Waals surface area contributed by atoms with Gasteiger partial charge in [-0.1, -0.05) is 13.3 Å². The lowest BCUT2D eigenvalue weighted by atomic mass is 9.91. The number of carbonyl (C=O) groups excluding carboxylic acids is 1. The van der Waals surface area contributed by atoms with E-state index in [1.54, 1.807) is 12.4 Å². The highest BCUT2D eigenvalue weighted by Crippen LogP contribution is 2.23. The lowest BCUT2D eigenvalue weighted by Gasteiger charge is -2.33. The molecule has 1 unspecified atom stereocenters. The van der Waals surface area contributed by atoms with E-state index in [1.165, 1.54) is 0 Å². The Hall–Kier alpha value is -1.85. The van der Waals surface area contributed by atoms with E-state index < -0.39 is 0 Å². The van der Waals surface area contributed by atoms with Crippen LogP contribution in [0.2, 0.25) is 0 Å². The first-order valence-electron chi connectivity index (χ1n) is 8.64. The summed E-state index contributed by atoms with van der Waals surface area (Å²) in [5.41, 5.74) is 0. The molecule has 0 spiro atoms. The third kappa shape index (κ3) is 6.04. The molecular weight excluding hydrogens is 292 g/mol. The van der Waals surface area contributed by atoms with Crippen molar-refractivity contribution in [2.24, 2.45) is 5.92 Å². The molecule has 1 aromatic heterocycles. The van der Waals surface area contributed by atoms with E-state index in [1.807, 2.05) is 13.0 Å². The van der Waals surface area contributed by atoms with Crippen molar-refractivity contribution >= 4 is 12.0 Å². The summed E-state index contributed by atoms with van der Waals surface area (Å²) < 4.78 is 5.14. The standard InChI is InChI=1S/C17H28N4O2/c1-3-4-12-23-17(22)20-14(2)13-15-6-10-21(11-7-15)16-18-8-5-9-19-16/h5,8-9,14-15H,3-4,6-7,10-13H2,1-2H3,(H,20,22). The number of hydrogen-bond donors (Lipinski definition) is 1. The smallest absolute Gasteiger partial charge is 0.407 e. The summed E-state index contributed by atoms with van der Waals surface area (Å²) in [5.74, 6) is 1.44. The van der Waals surface area contributed by atoms with Gasteiger partial charge in [-0.2, -0.15) is 0 Å². The Balaban J connectivity index is 1.66. The lowest BCUT2D eigenvalue weighted by molar-refractivity contribution is 0.139. The molecule has 0 bridgehead atoms. The van der Waals surface area contributed by atoms with Crippen LogP contribution in [0.5, 0.6) is 0 Å². The summed E-state index contributed by atoms with van der Waals surface area (Å²) in [6.45, 7) is 6.58. The fraction of sp³-hybridized carbons (Fsp3) is 0.706. The molecule has 1 fully saturated rings. The van der Waals surface area contributed by atoms with Gasteiger partial charge in [0, 0.05) is 31.5 Å². The second-order valence-corrected chi connectivity index (χ2v) is 6.25. The molecule has 1 saturated heterocycles. The van der Waals surface area contributed by atoms with Crippen molar-refractivity contribution in [1.82, 2.24) is 15.3 Å². The molecule has 6 heteroatoms. The summed E-state index contributed by atoms with van der Waals surface area (Å²) >= 11 is 0. The first-order valence-corrected chi connectivity index (χ1v) is 8.64. The quantitative estimate of drug-likeness (QED) is 0.782. The summed E-state index contributed by atoms with van der Waals surface area (Å²) in [6.07, 6.45) is 8.43. The third-order valence-corrected chi connectivity index (χ3v) is 4.23. The Bertz CT molecular complexity index is 461. The van der Waals surface area contributed by atoms with E-state index >= 15 is 0 Å². The number of nitrogens with one attached hydrogen (secondary N) is 1. The van der Waals surface area contributed by atoms with Gasteiger partial charge < -0.3 is 15.0 Å². The number of piperidine rings is 1. The molecule has 6 nitrogen and oxygen atoms in total. The molecule has 1 atom stereocenters. The fourth-order valence-corrected chi connectivity index (χ4v) is 2.93. The molecule has 2 heterocycles. The molecule has 0 saturated carbocycles. The highest BCUT2D eigenvalue weighted by molar-refractivity contribution is 5.67. The minimum Gasteiger partial charge on any atom is -0.450 e. The van der Waals surface area contributed by atoms with Gasteiger partial charge in [0.15, 0.2) is 0 Å². The molecule has 1 aliphatic rings. The van der Waals surface area contributed by atoms with Crippen LogP contribution in [0.4, 0.5) is 10.7 Å². The summed E-state index contributed by atoms with van der Waals surface area (Å²) in [5, 5.41) is 2.93. The number of unbranched alkanes of at least 4 members (excludes halogenated alkanes) is 1. The topological polar surface area (TPSA) is 67.3 Å². The Kier molecular flexibility index (Phi) is 7.10. The zero-order chi connectivity index (χ0) is 16.5. The molecule has 1 amide bonds. The number of ether oxygens (including phenoxy) is 1. The second-order valence-electron chi connectivity index (χ2n) is 6.25. The molecule has 128 valence electrons. The van der Waals surface area contributed by atoms with Gasteiger partial charge in [0.1, 0.15) is 0 Å². The number of rotatable bonds is 7. The van der Waals surface area contributed by atoms with E-state index in [4.69, 9.17) is 4.74 Å². The van der Waals surface area contributed by atoms with Crippen molar-refractivity contribution in [2.45, 2.75) is 52.0 Å². The van der Waals surface area contributed by atoms with Crippen LogP contribution in [0, 0.1) is 5.92 Å². The molecule has 23 heavy (non-hydrogen) atoms. The van der Waals surface area contributed by atoms with E-state index in [9.17, 15) is 4.79 Å². The van der Waals surface area contributed by atoms with Gasteiger partial charge in [0.05, 0.1) is 6.61 Å². The van der Waals surface area contributed by atoms with E-state index in [2.05, 4.69) is 27.1 Å². The summed E-state index contributed by atoms with van der Waals surface area (Å²) in [7, 11) is 0. The molecular formula is C17H28N4O2. The van der Waals surface area contributed by atoms with Gasteiger partial charge in [-0.25, -0.2) is 14.8 Å². The molecule has 1 aromatic rings. The summed E-state index contributed by atoms with van der Waals surface area (Å²) in [6, 6.07) is 1.98. The maximum absolute atomic E-state index is 11.6. The van der Waals surface area contributed by atoms with Crippen LogP contribution in [0.3, 0.4) is 0 Å². The van der Waals surface area contributed by atoms with Crippen molar-refractivity contribution in [3.8, 4) is 0 Å². The van der Waals surface area contributed by atoms with Crippen LogP contribution >= 0.6 is 0 Å². The van der Waals surface area contributed by atoms with Crippen molar-refractivity contribution in [3.63, 3.8) is 0 Å². The van der Waals surface area contributed by atoms with E-state index in [-0.39, 0.29) is 12.1 Å². The van der Waals surface area contributed by atoms with Crippen molar-refractivity contribution < 1.29 is 9.53 Å². The third-order valence-electron chi connectivity index (χ3n) is 4.23. The van der Waals surface area contributed by atoms with Crippen LogP contribution in [-0.4, -0.2) is 41.8 Å². The van der Waals surface area contributed by atoms with Crippen LogP contribution in [0.1, 0.15) is 46.0 Å². The zero-order valence-corrected chi connectivity index (χ0v) is 14.2. The van der Waals surface area contributed by atoms with E-state index in [0.717, 1.165) is 51.1 Å². The normalized spacial score (nSPS) is 16.9. The Morgan fingerprint density at radius 2 is 2.09 bits per heavy atom. The summed E-state index contributed by atoms with van der Waals surface area (Å²) in [4.78, 5) is 22.5. The predicted octanol–water partition coefficient (Wildman–Crippen LogP) is 3.00. The number of hydrogen-bond acceptors (Lipinski definition) is 5. The monoisotopic (exact) mass is 320 g/mol. The maximum atomic E-state index is 11.6. The number of aromatic nitrogens is 2. The molecule has 0 aliphatic carbocycles. The predicted molar refractivity (Wildman–Crippen MR) is 90.4 cm³/mol. The second kappa shape index (κ2) is 9.33. The number of nitrogens with zero attached hydrogens (tertiary/aromatic N) is 3. The van der Waals surface area contributed by atoms with Gasteiger partial charge in [-0.05, 0) is 44.6 Å². The van der Waals surface area contributed by atoms with E-state index in [0.29, 0.717) is 12.5 Å². The fourth-order valence-electron chi connectivity index (χ4n) is 2.93. The highest BCUT2D eigenvalue weighted by atomic mass is 16.5. The number of carbonyl (C=O) groups is 1. The number of anilines is 1. The molecule has 0 aromatic carbocycles. The van der Waals surface area contributed by atoms with Crippen LogP contribution < -0.4 is 10.2 Å². The Labute approximate surface area is 138 Å². The lowest BCUT2D eigenvalue weighted by Crippen LogP contribution is -2.39. The highest BCUT2D eigenvalue weighted by Gasteiger charge is 2.23. The Morgan fingerprint density at radius 3 is 2.74 bits per heavy atom. The number of amides is 1. The van der Waals surface area contributed by atoms with Crippen molar-refractivity contribution in [1.29, 1.82) is 0 Å². The average Bonchev–Trinajstić information content (AvgIpc) is 2.56.